The third kappa shape index (κ3) is 4.23. The standard InChI is InChI=1S/C36H29FN6O3/c37-24-12-7-20(8-13-24)9-14-27-31(34-39-36(45)46-41-34)30(32-33(38-27)29-6-3-17-42(29)35(32)44)22-10-15-26-23(18-22)19-43(40-26)28-16-11-21-4-1-2-5-25(21)28/h1-2,4-5,7-8,10,12-13,15,18-19,28-29H,3,6,9,11,14,16-17H2,(H,39,41,45)/t28-,29-/m1/s1. The quantitative estimate of drug-likeness (QED) is 0.240. The molecule has 2 atom stereocenters. The zero-order chi connectivity index (χ0) is 30.9. The largest absolute Gasteiger partial charge is 0.439 e. The van der Waals surface area contributed by atoms with E-state index < -0.39 is 5.76 Å². The van der Waals surface area contributed by atoms with E-state index in [2.05, 4.69) is 51.4 Å². The summed E-state index contributed by atoms with van der Waals surface area (Å²) in [5.74, 6) is -0.817. The molecule has 0 saturated carbocycles. The highest BCUT2D eigenvalue weighted by Crippen LogP contribution is 2.48. The van der Waals surface area contributed by atoms with E-state index in [-0.39, 0.29) is 29.6 Å². The summed E-state index contributed by atoms with van der Waals surface area (Å²) in [4.78, 5) is 36.1. The molecule has 1 saturated heterocycles. The van der Waals surface area contributed by atoms with E-state index >= 15 is 0 Å². The highest BCUT2D eigenvalue weighted by molar-refractivity contribution is 6.08. The molecule has 1 amide bonds. The van der Waals surface area contributed by atoms with E-state index in [1.54, 1.807) is 12.1 Å². The van der Waals surface area contributed by atoms with Gasteiger partial charge in [-0.25, -0.2) is 9.18 Å². The van der Waals surface area contributed by atoms with Crippen molar-refractivity contribution < 1.29 is 13.7 Å². The number of rotatable bonds is 6. The topological polar surface area (TPSA) is 110 Å². The molecule has 10 heteroatoms. The van der Waals surface area contributed by atoms with Gasteiger partial charge in [0.2, 0.25) is 0 Å². The summed E-state index contributed by atoms with van der Waals surface area (Å²) in [7, 11) is 0. The van der Waals surface area contributed by atoms with E-state index in [0.29, 0.717) is 41.8 Å². The van der Waals surface area contributed by atoms with Crippen molar-refractivity contribution in [3.63, 3.8) is 0 Å². The van der Waals surface area contributed by atoms with Crippen molar-refractivity contribution in [2.75, 3.05) is 6.54 Å². The summed E-state index contributed by atoms with van der Waals surface area (Å²) in [6, 6.07) is 21.1. The predicted octanol–water partition coefficient (Wildman–Crippen LogP) is 6.19. The number of aryl methyl sites for hydroxylation is 3. The lowest BCUT2D eigenvalue weighted by atomic mass is 9.89. The first-order valence-corrected chi connectivity index (χ1v) is 15.8. The van der Waals surface area contributed by atoms with E-state index in [9.17, 15) is 14.0 Å². The van der Waals surface area contributed by atoms with E-state index in [4.69, 9.17) is 14.6 Å². The molecule has 2 aliphatic heterocycles. The first kappa shape index (κ1) is 27.0. The van der Waals surface area contributed by atoms with Gasteiger partial charge in [-0.3, -0.25) is 24.0 Å². The van der Waals surface area contributed by atoms with Crippen molar-refractivity contribution in [3.05, 3.63) is 123 Å². The molecular formula is C36H29FN6O3. The molecule has 6 aromatic rings. The van der Waals surface area contributed by atoms with Crippen LogP contribution in [0.2, 0.25) is 0 Å². The summed E-state index contributed by atoms with van der Waals surface area (Å²) in [5.41, 5.74) is 8.54. The first-order valence-electron chi connectivity index (χ1n) is 15.8. The Kier molecular flexibility index (Phi) is 6.06. The minimum atomic E-state index is -0.688. The smallest absolute Gasteiger partial charge is 0.330 e. The van der Waals surface area contributed by atoms with Crippen molar-refractivity contribution in [1.82, 2.24) is 29.8 Å². The molecule has 0 spiro atoms. The molecule has 1 aliphatic carbocycles. The summed E-state index contributed by atoms with van der Waals surface area (Å²) in [5, 5.41) is 10.00. The van der Waals surface area contributed by atoms with Gasteiger partial charge in [-0.2, -0.15) is 5.10 Å². The number of hydrogen-bond donors (Lipinski definition) is 1. The first-order chi connectivity index (χ1) is 22.5. The van der Waals surface area contributed by atoms with Crippen LogP contribution < -0.4 is 5.76 Å². The molecule has 3 aromatic carbocycles. The number of benzene rings is 3. The molecule has 3 aromatic heterocycles. The minimum absolute atomic E-state index is 0.0597. The van der Waals surface area contributed by atoms with Gasteiger partial charge in [0, 0.05) is 23.7 Å². The van der Waals surface area contributed by atoms with Gasteiger partial charge in [0.1, 0.15) is 5.82 Å². The molecule has 1 fully saturated rings. The Labute approximate surface area is 262 Å². The number of nitrogens with one attached hydrogen (secondary N) is 1. The molecule has 3 aliphatic rings. The fourth-order valence-corrected chi connectivity index (χ4v) is 7.70. The SMILES string of the molecule is O=C1c2c(nc(CCc3ccc(F)cc3)c(-c3noc(=O)[nH]3)c2-c2ccc3nn([C@@H]4CCc5ccccc54)cc3c2)[C@H]2CCCN12. The van der Waals surface area contributed by atoms with Crippen molar-refractivity contribution in [3.8, 4) is 22.5 Å². The Morgan fingerprint density at radius 2 is 1.80 bits per heavy atom. The summed E-state index contributed by atoms with van der Waals surface area (Å²) in [6.07, 6.45) is 6.93. The van der Waals surface area contributed by atoms with Crippen LogP contribution in [0.5, 0.6) is 0 Å². The van der Waals surface area contributed by atoms with Gasteiger partial charge in [-0.1, -0.05) is 47.6 Å². The van der Waals surface area contributed by atoms with E-state index in [1.165, 1.54) is 23.3 Å². The lowest BCUT2D eigenvalue weighted by Crippen LogP contribution is -2.23. The van der Waals surface area contributed by atoms with Gasteiger partial charge in [-0.05, 0) is 85.0 Å². The highest BCUT2D eigenvalue weighted by atomic mass is 19.1. The third-order valence-corrected chi connectivity index (χ3v) is 9.82. The number of aromatic nitrogens is 5. The Bertz CT molecular complexity index is 2230. The van der Waals surface area contributed by atoms with Crippen molar-refractivity contribution in [2.45, 2.75) is 50.6 Å². The fourth-order valence-electron chi connectivity index (χ4n) is 7.70. The van der Waals surface area contributed by atoms with Crippen molar-refractivity contribution >= 4 is 16.8 Å². The highest BCUT2D eigenvalue weighted by Gasteiger charge is 2.44. The van der Waals surface area contributed by atoms with Crippen LogP contribution in [-0.2, 0) is 19.3 Å². The zero-order valence-electron chi connectivity index (χ0n) is 24.9. The Morgan fingerprint density at radius 1 is 0.935 bits per heavy atom. The molecule has 9 rings (SSSR count). The van der Waals surface area contributed by atoms with Crippen LogP contribution in [0.1, 0.15) is 69.8 Å². The number of H-pyrrole nitrogens is 1. The second kappa shape index (κ2) is 10.3. The maximum Gasteiger partial charge on any atom is 0.439 e. The number of carbonyl (C=O) groups excluding carboxylic acids is 1. The molecule has 228 valence electrons. The van der Waals surface area contributed by atoms with Crippen molar-refractivity contribution in [2.24, 2.45) is 0 Å². The molecule has 46 heavy (non-hydrogen) atoms. The number of nitrogens with zero attached hydrogens (tertiary/aromatic N) is 5. The maximum atomic E-state index is 14.1. The van der Waals surface area contributed by atoms with Crippen LogP contribution in [0.4, 0.5) is 4.39 Å². The number of carbonyl (C=O) groups is 1. The lowest BCUT2D eigenvalue weighted by molar-refractivity contribution is 0.0776. The van der Waals surface area contributed by atoms with Crippen LogP contribution >= 0.6 is 0 Å². The second-order valence-corrected chi connectivity index (χ2v) is 12.4. The van der Waals surface area contributed by atoms with Crippen LogP contribution in [-0.4, -0.2) is 42.3 Å². The maximum absolute atomic E-state index is 14.1. The van der Waals surface area contributed by atoms with Gasteiger partial charge in [0.05, 0.1) is 40.1 Å². The third-order valence-electron chi connectivity index (χ3n) is 9.82. The number of halogens is 1. The van der Waals surface area contributed by atoms with E-state index in [1.807, 2.05) is 17.0 Å². The zero-order valence-corrected chi connectivity index (χ0v) is 24.9. The van der Waals surface area contributed by atoms with Gasteiger partial charge >= 0.3 is 5.76 Å². The predicted molar refractivity (Wildman–Crippen MR) is 169 cm³/mol. The molecule has 1 N–H and O–H groups in total. The average molecular weight is 613 g/mol. The molecule has 9 nitrogen and oxygen atoms in total. The molecule has 0 radical (unpaired) electrons. The second-order valence-electron chi connectivity index (χ2n) is 12.4. The average Bonchev–Trinajstić information content (AvgIpc) is 3.90. The van der Waals surface area contributed by atoms with E-state index in [0.717, 1.165) is 53.4 Å². The number of amides is 1. The number of aromatic amines is 1. The Hall–Kier alpha value is -5.38. The number of pyridine rings is 1. The summed E-state index contributed by atoms with van der Waals surface area (Å²) < 4.78 is 20.7. The van der Waals surface area contributed by atoms with Crippen LogP contribution in [0, 0.1) is 5.82 Å². The monoisotopic (exact) mass is 612 g/mol. The fraction of sp³-hybridized carbons (Fsp3) is 0.250. The Morgan fingerprint density at radius 3 is 2.65 bits per heavy atom. The van der Waals surface area contributed by atoms with Gasteiger partial charge < -0.3 is 4.90 Å². The normalized spacial score (nSPS) is 18.4. The molecule has 0 bridgehead atoms. The van der Waals surface area contributed by atoms with Gasteiger partial charge in [0.25, 0.3) is 5.91 Å². The Balaban J connectivity index is 1.23. The van der Waals surface area contributed by atoms with Crippen LogP contribution in [0.25, 0.3) is 33.4 Å². The lowest BCUT2D eigenvalue weighted by Gasteiger charge is -2.17. The number of fused-ring (bicyclic) bond motifs is 5. The van der Waals surface area contributed by atoms with Gasteiger partial charge in [0.15, 0.2) is 5.82 Å². The van der Waals surface area contributed by atoms with Crippen molar-refractivity contribution in [1.29, 1.82) is 0 Å². The van der Waals surface area contributed by atoms with Crippen LogP contribution in [0.15, 0.2) is 82.2 Å². The summed E-state index contributed by atoms with van der Waals surface area (Å²) >= 11 is 0. The molecule has 0 unspecified atom stereocenters. The minimum Gasteiger partial charge on any atom is -0.330 e. The van der Waals surface area contributed by atoms with Gasteiger partial charge in [-0.15, -0.1) is 0 Å². The molecular weight excluding hydrogens is 583 g/mol. The van der Waals surface area contributed by atoms with Crippen LogP contribution in [0.3, 0.4) is 0 Å². The summed E-state index contributed by atoms with van der Waals surface area (Å²) in [6.45, 7) is 0.676. The number of hydrogen-bond acceptors (Lipinski definition) is 6. The molecule has 5 heterocycles.